The number of nitrogens with zero attached hydrogens (tertiary/aromatic N) is 1. The van der Waals surface area contributed by atoms with Crippen LogP contribution in [0.1, 0.15) is 13.8 Å². The fourth-order valence-electron chi connectivity index (χ4n) is 0.378. The molecule has 1 N–H and O–H groups in total. The van der Waals surface area contributed by atoms with Crippen molar-refractivity contribution in [2.75, 3.05) is 0 Å². The van der Waals surface area contributed by atoms with Crippen LogP contribution in [0.25, 0.3) is 0 Å². The fraction of sp³-hybridized carbons (Fsp3) is 0.286. The Morgan fingerprint density at radius 3 is 2.40 bits per heavy atom. The maximum atomic E-state index is 8.81. The summed E-state index contributed by atoms with van der Waals surface area (Å²) < 4.78 is 0.486. The van der Waals surface area contributed by atoms with Crippen molar-refractivity contribution >= 4 is 15.9 Å². The summed E-state index contributed by atoms with van der Waals surface area (Å²) in [7, 11) is 0. The van der Waals surface area contributed by atoms with Crippen LogP contribution in [0.15, 0.2) is 22.9 Å². The Hall–Kier alpha value is -0.570. The van der Waals surface area contributed by atoms with E-state index in [4.69, 9.17) is 5.11 Å². The fourth-order valence-corrected chi connectivity index (χ4v) is 0.628. The van der Waals surface area contributed by atoms with Crippen LogP contribution in [-0.2, 0) is 0 Å². The molecule has 56 valence electrons. The lowest BCUT2D eigenvalue weighted by Crippen LogP contribution is -1.71. The van der Waals surface area contributed by atoms with Gasteiger partial charge in [0.15, 0.2) is 0 Å². The Morgan fingerprint density at radius 2 is 2.10 bits per heavy atom. The molecule has 0 fully saturated rings. The Balaban J connectivity index is 0.000000371. The van der Waals surface area contributed by atoms with Gasteiger partial charge in [0.05, 0.1) is 0 Å². The van der Waals surface area contributed by atoms with Gasteiger partial charge in [-0.2, -0.15) is 0 Å². The second-order valence-electron chi connectivity index (χ2n) is 1.31. The third kappa shape index (κ3) is 2.82. The van der Waals surface area contributed by atoms with Gasteiger partial charge in [-0.05, 0) is 28.1 Å². The highest BCUT2D eigenvalue weighted by molar-refractivity contribution is 9.10. The minimum absolute atomic E-state index is 0.174. The van der Waals surface area contributed by atoms with Gasteiger partial charge in [-0.1, -0.05) is 13.8 Å². The molecular formula is C7H10BrNO. The zero-order valence-corrected chi connectivity index (χ0v) is 7.59. The number of halogens is 1. The van der Waals surface area contributed by atoms with Crippen molar-refractivity contribution in [3.8, 4) is 5.75 Å². The molecule has 0 amide bonds. The first-order valence-corrected chi connectivity index (χ1v) is 3.89. The minimum atomic E-state index is 0.174. The molecule has 0 saturated carbocycles. The van der Waals surface area contributed by atoms with Gasteiger partial charge in [0.2, 0.25) is 0 Å². The van der Waals surface area contributed by atoms with Crippen molar-refractivity contribution in [2.24, 2.45) is 0 Å². The molecule has 0 saturated heterocycles. The van der Waals surface area contributed by atoms with Crippen molar-refractivity contribution in [1.29, 1.82) is 0 Å². The monoisotopic (exact) mass is 203 g/mol. The molecule has 0 aliphatic rings. The Bertz CT molecular complexity index is 170. The second-order valence-corrected chi connectivity index (χ2v) is 2.06. The molecule has 0 bridgehead atoms. The molecule has 1 heterocycles. The SMILES string of the molecule is CC.Oc1cccnc1Br. The quantitative estimate of drug-likeness (QED) is 0.658. The van der Waals surface area contributed by atoms with Gasteiger partial charge >= 0.3 is 0 Å². The Morgan fingerprint density at radius 1 is 1.50 bits per heavy atom. The smallest absolute Gasteiger partial charge is 0.148 e. The lowest BCUT2D eigenvalue weighted by atomic mass is 10.5. The number of pyridine rings is 1. The first-order chi connectivity index (χ1) is 4.80. The number of rotatable bonds is 0. The zero-order valence-electron chi connectivity index (χ0n) is 6.00. The van der Waals surface area contributed by atoms with Gasteiger partial charge in [-0.15, -0.1) is 0 Å². The Kier molecular flexibility index (Phi) is 4.94. The van der Waals surface area contributed by atoms with E-state index in [0.717, 1.165) is 0 Å². The zero-order chi connectivity index (χ0) is 7.98. The van der Waals surface area contributed by atoms with E-state index in [1.807, 2.05) is 13.8 Å². The van der Waals surface area contributed by atoms with Crippen LogP contribution in [0.2, 0.25) is 0 Å². The molecule has 0 atom stereocenters. The first-order valence-electron chi connectivity index (χ1n) is 3.10. The van der Waals surface area contributed by atoms with E-state index >= 15 is 0 Å². The highest BCUT2D eigenvalue weighted by atomic mass is 79.9. The molecule has 0 aliphatic heterocycles. The summed E-state index contributed by atoms with van der Waals surface area (Å²) in [4.78, 5) is 3.75. The predicted octanol–water partition coefficient (Wildman–Crippen LogP) is 2.58. The summed E-state index contributed by atoms with van der Waals surface area (Å²) in [6, 6.07) is 3.23. The van der Waals surface area contributed by atoms with Crippen molar-refractivity contribution in [3.05, 3.63) is 22.9 Å². The lowest BCUT2D eigenvalue weighted by Gasteiger charge is -1.89. The summed E-state index contributed by atoms with van der Waals surface area (Å²) in [5.74, 6) is 0.174. The minimum Gasteiger partial charge on any atom is -0.505 e. The third-order valence-electron chi connectivity index (χ3n) is 0.739. The average molecular weight is 204 g/mol. The molecule has 0 aromatic carbocycles. The molecule has 10 heavy (non-hydrogen) atoms. The molecule has 0 spiro atoms. The summed E-state index contributed by atoms with van der Waals surface area (Å²) in [5.41, 5.74) is 0. The van der Waals surface area contributed by atoms with Crippen LogP contribution in [0.4, 0.5) is 0 Å². The second kappa shape index (κ2) is 5.23. The van der Waals surface area contributed by atoms with Crippen molar-refractivity contribution in [2.45, 2.75) is 13.8 Å². The summed E-state index contributed by atoms with van der Waals surface area (Å²) in [6.45, 7) is 4.00. The first kappa shape index (κ1) is 9.43. The van der Waals surface area contributed by atoms with Gasteiger partial charge in [-0.25, -0.2) is 4.98 Å². The molecule has 0 radical (unpaired) electrons. The molecule has 0 unspecified atom stereocenters. The van der Waals surface area contributed by atoms with Crippen LogP contribution in [0.5, 0.6) is 5.75 Å². The van der Waals surface area contributed by atoms with Crippen molar-refractivity contribution < 1.29 is 5.11 Å². The largest absolute Gasteiger partial charge is 0.505 e. The van der Waals surface area contributed by atoms with Gasteiger partial charge in [0, 0.05) is 6.20 Å². The van der Waals surface area contributed by atoms with Crippen LogP contribution in [0, 0.1) is 0 Å². The number of hydrogen-bond donors (Lipinski definition) is 1. The van der Waals surface area contributed by atoms with Crippen molar-refractivity contribution in [3.63, 3.8) is 0 Å². The normalized spacial score (nSPS) is 7.90. The molecule has 3 heteroatoms. The van der Waals surface area contributed by atoms with E-state index in [1.165, 1.54) is 0 Å². The van der Waals surface area contributed by atoms with Gasteiger partial charge in [0.1, 0.15) is 10.4 Å². The van der Waals surface area contributed by atoms with E-state index < -0.39 is 0 Å². The Labute approximate surface area is 69.0 Å². The maximum absolute atomic E-state index is 8.81. The molecule has 1 aromatic rings. The van der Waals surface area contributed by atoms with Gasteiger partial charge in [-0.3, -0.25) is 0 Å². The molecule has 1 rings (SSSR count). The van der Waals surface area contributed by atoms with E-state index in [9.17, 15) is 0 Å². The van der Waals surface area contributed by atoms with E-state index in [-0.39, 0.29) is 5.75 Å². The summed E-state index contributed by atoms with van der Waals surface area (Å²) >= 11 is 3.03. The van der Waals surface area contributed by atoms with E-state index in [1.54, 1.807) is 18.3 Å². The highest BCUT2D eigenvalue weighted by Crippen LogP contribution is 2.17. The highest BCUT2D eigenvalue weighted by Gasteiger charge is 1.91. The maximum Gasteiger partial charge on any atom is 0.148 e. The number of aromatic hydroxyl groups is 1. The van der Waals surface area contributed by atoms with Crippen molar-refractivity contribution in [1.82, 2.24) is 4.98 Å². The van der Waals surface area contributed by atoms with Crippen LogP contribution >= 0.6 is 15.9 Å². The van der Waals surface area contributed by atoms with Crippen LogP contribution < -0.4 is 0 Å². The lowest BCUT2D eigenvalue weighted by molar-refractivity contribution is 0.468. The summed E-state index contributed by atoms with van der Waals surface area (Å²) in [5, 5.41) is 8.81. The topological polar surface area (TPSA) is 33.1 Å². The number of hydrogen-bond acceptors (Lipinski definition) is 2. The average Bonchev–Trinajstić information content (AvgIpc) is 2.00. The predicted molar refractivity (Wildman–Crippen MR) is 44.9 cm³/mol. The summed E-state index contributed by atoms with van der Waals surface area (Å²) in [6.07, 6.45) is 1.60. The van der Waals surface area contributed by atoms with Gasteiger partial charge in [0.25, 0.3) is 0 Å². The van der Waals surface area contributed by atoms with E-state index in [0.29, 0.717) is 4.60 Å². The van der Waals surface area contributed by atoms with E-state index in [2.05, 4.69) is 20.9 Å². The molecular weight excluding hydrogens is 194 g/mol. The third-order valence-corrected chi connectivity index (χ3v) is 1.35. The van der Waals surface area contributed by atoms with Gasteiger partial charge < -0.3 is 5.11 Å². The standard InChI is InChI=1S/C5H4BrNO.C2H6/c6-5-4(8)2-1-3-7-5;1-2/h1-3,8H;1-2H3. The number of aromatic nitrogens is 1. The molecule has 1 aromatic heterocycles. The molecule has 2 nitrogen and oxygen atoms in total. The van der Waals surface area contributed by atoms with Crippen LogP contribution in [0.3, 0.4) is 0 Å². The van der Waals surface area contributed by atoms with Crippen LogP contribution in [-0.4, -0.2) is 10.1 Å². The molecule has 0 aliphatic carbocycles.